The van der Waals surface area contributed by atoms with E-state index in [-0.39, 0.29) is 5.91 Å². The Kier molecular flexibility index (Phi) is 3.90. The number of thiophene rings is 2. The van der Waals surface area contributed by atoms with E-state index in [2.05, 4.69) is 10.3 Å². The fraction of sp³-hybridized carbons (Fsp3) is 0.0667. The van der Waals surface area contributed by atoms with E-state index >= 15 is 0 Å². The zero-order valence-electron chi connectivity index (χ0n) is 10.6. The molecule has 0 saturated carbocycles. The molecule has 3 aromatic heterocycles. The van der Waals surface area contributed by atoms with Gasteiger partial charge in [0.15, 0.2) is 0 Å². The van der Waals surface area contributed by atoms with Crippen molar-refractivity contribution < 1.29 is 4.79 Å². The molecule has 0 aromatic carbocycles. The molecule has 3 rings (SSSR count). The molecule has 0 spiro atoms. The Hall–Kier alpha value is -1.98. The van der Waals surface area contributed by atoms with Crippen LogP contribution < -0.4 is 5.32 Å². The number of hydrogen-bond acceptors (Lipinski definition) is 4. The summed E-state index contributed by atoms with van der Waals surface area (Å²) in [7, 11) is 0. The summed E-state index contributed by atoms with van der Waals surface area (Å²) in [6, 6.07) is 11.7. The molecule has 0 unspecified atom stereocenters. The van der Waals surface area contributed by atoms with E-state index in [0.29, 0.717) is 12.1 Å². The van der Waals surface area contributed by atoms with Crippen molar-refractivity contribution in [2.24, 2.45) is 0 Å². The molecule has 3 aromatic rings. The van der Waals surface area contributed by atoms with Gasteiger partial charge in [0, 0.05) is 11.1 Å². The average molecular weight is 300 g/mol. The predicted octanol–water partition coefficient (Wildman–Crippen LogP) is 3.80. The van der Waals surface area contributed by atoms with Gasteiger partial charge in [-0.3, -0.25) is 9.78 Å². The average Bonchev–Trinajstić information content (AvgIpc) is 3.18. The van der Waals surface area contributed by atoms with Crippen LogP contribution in [0.4, 0.5) is 0 Å². The van der Waals surface area contributed by atoms with Crippen LogP contribution in [-0.2, 0) is 6.54 Å². The Balaban J connectivity index is 1.66. The summed E-state index contributed by atoms with van der Waals surface area (Å²) in [5.74, 6) is -0.0939. The number of aromatic nitrogens is 1. The molecule has 5 heteroatoms. The predicted molar refractivity (Wildman–Crippen MR) is 83.0 cm³/mol. The first kappa shape index (κ1) is 13.0. The summed E-state index contributed by atoms with van der Waals surface area (Å²) < 4.78 is 0. The van der Waals surface area contributed by atoms with Gasteiger partial charge in [0.05, 0.1) is 22.7 Å². The van der Waals surface area contributed by atoms with Crippen molar-refractivity contribution in [2.45, 2.75) is 6.54 Å². The van der Waals surface area contributed by atoms with Crippen LogP contribution in [0.25, 0.3) is 10.6 Å². The van der Waals surface area contributed by atoms with E-state index in [0.717, 1.165) is 15.4 Å². The second-order valence-electron chi connectivity index (χ2n) is 4.17. The maximum Gasteiger partial charge on any atom is 0.253 e. The number of carbonyl (C=O) groups is 1. The number of rotatable bonds is 4. The highest BCUT2D eigenvalue weighted by atomic mass is 32.1. The van der Waals surface area contributed by atoms with Gasteiger partial charge in [-0.25, -0.2) is 0 Å². The highest BCUT2D eigenvalue weighted by Crippen LogP contribution is 2.22. The fourth-order valence-electron chi connectivity index (χ4n) is 1.78. The van der Waals surface area contributed by atoms with Gasteiger partial charge in [0.2, 0.25) is 0 Å². The highest BCUT2D eigenvalue weighted by molar-refractivity contribution is 7.13. The maximum atomic E-state index is 12.0. The van der Waals surface area contributed by atoms with Gasteiger partial charge in [-0.15, -0.1) is 22.7 Å². The van der Waals surface area contributed by atoms with Crippen LogP contribution >= 0.6 is 22.7 Å². The van der Waals surface area contributed by atoms with Gasteiger partial charge in [-0.1, -0.05) is 12.1 Å². The molecular formula is C15H12N2OS2. The number of carbonyl (C=O) groups excluding carboxylic acids is 1. The van der Waals surface area contributed by atoms with Crippen LogP contribution in [0, 0.1) is 0 Å². The number of nitrogens with one attached hydrogen (secondary N) is 1. The zero-order chi connectivity index (χ0) is 13.8. The van der Waals surface area contributed by atoms with E-state index in [1.54, 1.807) is 28.9 Å². The smallest absolute Gasteiger partial charge is 0.253 e. The Bertz CT molecular complexity index is 673. The van der Waals surface area contributed by atoms with Crippen LogP contribution in [0.3, 0.4) is 0 Å². The molecule has 0 atom stereocenters. The Labute approximate surface area is 124 Å². The summed E-state index contributed by atoms with van der Waals surface area (Å²) >= 11 is 3.27. The number of nitrogens with zero attached hydrogens (tertiary/aromatic N) is 1. The largest absolute Gasteiger partial charge is 0.347 e. The molecule has 1 amide bonds. The van der Waals surface area contributed by atoms with Crippen molar-refractivity contribution in [2.75, 3.05) is 0 Å². The molecular weight excluding hydrogens is 288 g/mol. The Morgan fingerprint density at radius 1 is 1.10 bits per heavy atom. The normalized spacial score (nSPS) is 10.4. The third-order valence-electron chi connectivity index (χ3n) is 2.80. The maximum absolute atomic E-state index is 12.0. The summed E-state index contributed by atoms with van der Waals surface area (Å²) in [5.41, 5.74) is 1.48. The van der Waals surface area contributed by atoms with Crippen molar-refractivity contribution in [1.29, 1.82) is 0 Å². The molecule has 0 aliphatic carbocycles. The lowest BCUT2D eigenvalue weighted by Gasteiger charge is -2.04. The van der Waals surface area contributed by atoms with Crippen molar-refractivity contribution in [1.82, 2.24) is 10.3 Å². The van der Waals surface area contributed by atoms with E-state index in [1.807, 2.05) is 47.2 Å². The molecule has 0 fully saturated rings. The fourth-order valence-corrected chi connectivity index (χ4v) is 3.13. The second kappa shape index (κ2) is 5.98. The lowest BCUT2D eigenvalue weighted by molar-refractivity contribution is 0.0951. The number of amides is 1. The zero-order valence-corrected chi connectivity index (χ0v) is 12.2. The lowest BCUT2D eigenvalue weighted by Crippen LogP contribution is -2.22. The lowest BCUT2D eigenvalue weighted by atomic mass is 10.2. The molecule has 0 radical (unpaired) electrons. The van der Waals surface area contributed by atoms with Crippen LogP contribution in [0.15, 0.2) is 53.4 Å². The number of hydrogen-bond donors (Lipinski definition) is 1. The molecule has 100 valence electrons. The summed E-state index contributed by atoms with van der Waals surface area (Å²) in [5, 5.41) is 6.90. The van der Waals surface area contributed by atoms with Crippen LogP contribution in [0.1, 0.15) is 15.2 Å². The first-order valence-corrected chi connectivity index (χ1v) is 7.89. The van der Waals surface area contributed by atoms with E-state index in [1.165, 1.54) is 0 Å². The molecule has 20 heavy (non-hydrogen) atoms. The Morgan fingerprint density at radius 3 is 2.60 bits per heavy atom. The molecule has 3 heterocycles. The minimum absolute atomic E-state index is 0.0939. The molecule has 3 nitrogen and oxygen atoms in total. The van der Waals surface area contributed by atoms with Gasteiger partial charge >= 0.3 is 0 Å². The van der Waals surface area contributed by atoms with E-state index in [9.17, 15) is 4.79 Å². The van der Waals surface area contributed by atoms with Gasteiger partial charge in [-0.2, -0.15) is 0 Å². The standard InChI is InChI=1S/C15H12N2OS2/c18-15(17-10-12-3-1-7-19-12)11-5-6-13(16-9-11)14-4-2-8-20-14/h1-9H,10H2,(H,17,18). The Morgan fingerprint density at radius 2 is 1.95 bits per heavy atom. The van der Waals surface area contributed by atoms with Crippen LogP contribution in [0.5, 0.6) is 0 Å². The minimum Gasteiger partial charge on any atom is -0.347 e. The van der Waals surface area contributed by atoms with Crippen molar-refractivity contribution >= 4 is 28.6 Å². The third-order valence-corrected chi connectivity index (χ3v) is 4.57. The quantitative estimate of drug-likeness (QED) is 0.796. The van der Waals surface area contributed by atoms with Gasteiger partial charge in [0.25, 0.3) is 5.91 Å². The van der Waals surface area contributed by atoms with E-state index < -0.39 is 0 Å². The summed E-state index contributed by atoms with van der Waals surface area (Å²) in [6.45, 7) is 0.559. The third kappa shape index (κ3) is 2.95. The first-order valence-electron chi connectivity index (χ1n) is 6.13. The monoisotopic (exact) mass is 300 g/mol. The van der Waals surface area contributed by atoms with Gasteiger partial charge < -0.3 is 5.32 Å². The van der Waals surface area contributed by atoms with Gasteiger partial charge in [0.1, 0.15) is 0 Å². The van der Waals surface area contributed by atoms with Crippen LogP contribution in [-0.4, -0.2) is 10.9 Å². The molecule has 0 saturated heterocycles. The summed E-state index contributed by atoms with van der Waals surface area (Å²) in [6.07, 6.45) is 1.62. The molecule has 0 bridgehead atoms. The first-order chi connectivity index (χ1) is 9.83. The molecule has 1 N–H and O–H groups in total. The molecule has 0 aliphatic heterocycles. The summed E-state index contributed by atoms with van der Waals surface area (Å²) in [4.78, 5) is 18.6. The van der Waals surface area contributed by atoms with Crippen molar-refractivity contribution in [3.8, 4) is 10.6 Å². The topological polar surface area (TPSA) is 42.0 Å². The van der Waals surface area contributed by atoms with Crippen molar-refractivity contribution in [3.05, 3.63) is 63.8 Å². The van der Waals surface area contributed by atoms with Crippen LogP contribution in [0.2, 0.25) is 0 Å². The van der Waals surface area contributed by atoms with Crippen molar-refractivity contribution in [3.63, 3.8) is 0 Å². The highest BCUT2D eigenvalue weighted by Gasteiger charge is 2.07. The SMILES string of the molecule is O=C(NCc1cccs1)c1ccc(-c2cccs2)nc1. The minimum atomic E-state index is -0.0939. The number of pyridine rings is 1. The van der Waals surface area contributed by atoms with Gasteiger partial charge in [-0.05, 0) is 35.0 Å². The van der Waals surface area contributed by atoms with E-state index in [4.69, 9.17) is 0 Å². The molecule has 0 aliphatic rings. The second-order valence-corrected chi connectivity index (χ2v) is 6.15.